The number of nitrogens with two attached hydrogens (primary N) is 1. The van der Waals surface area contributed by atoms with Gasteiger partial charge in [-0.2, -0.15) is 0 Å². The maximum atomic E-state index is 11.8. The van der Waals surface area contributed by atoms with E-state index in [9.17, 15) is 9.59 Å². The summed E-state index contributed by atoms with van der Waals surface area (Å²) in [7, 11) is 0. The third-order valence-electron chi connectivity index (χ3n) is 3.01. The molecule has 0 aromatic heterocycles. The van der Waals surface area contributed by atoms with E-state index in [1.54, 1.807) is 6.07 Å². The van der Waals surface area contributed by atoms with Crippen molar-refractivity contribution >= 4 is 17.6 Å². The fourth-order valence-electron chi connectivity index (χ4n) is 1.72. The fraction of sp³-hybridized carbons (Fsp3) is 0.429. The molecule has 1 aromatic carbocycles. The van der Waals surface area contributed by atoms with Crippen LogP contribution in [0.3, 0.4) is 0 Å². The smallest absolute Gasteiger partial charge is 0.321 e. The largest absolute Gasteiger partial charge is 0.480 e. The summed E-state index contributed by atoms with van der Waals surface area (Å²) in [4.78, 5) is 22.8. The molecule has 0 saturated carbocycles. The summed E-state index contributed by atoms with van der Waals surface area (Å²) >= 11 is 0. The zero-order valence-corrected chi connectivity index (χ0v) is 11.8. The van der Waals surface area contributed by atoms with Gasteiger partial charge in [0.1, 0.15) is 6.04 Å². The number of aryl methyl sites for hydroxylation is 2. The minimum Gasteiger partial charge on any atom is -0.480 e. The predicted molar refractivity (Wildman–Crippen MR) is 77.6 cm³/mol. The van der Waals surface area contributed by atoms with Crippen LogP contribution in [0.5, 0.6) is 0 Å². The Morgan fingerprint density at radius 1 is 1.30 bits per heavy atom. The highest BCUT2D eigenvalue weighted by atomic mass is 16.4. The molecule has 0 aliphatic heterocycles. The standard InChI is InChI=1S/C14H21N3O3/c1-9-3-4-11(7-10(9)2)17-13(18)8-12(14(19)20)16-6-5-15/h3-4,7,12,16H,5-6,8,15H2,1-2H3,(H,17,18)(H,19,20)/t12-/m1/s1. The molecule has 5 N–H and O–H groups in total. The van der Waals surface area contributed by atoms with E-state index in [1.807, 2.05) is 26.0 Å². The van der Waals surface area contributed by atoms with E-state index in [-0.39, 0.29) is 12.3 Å². The lowest BCUT2D eigenvalue weighted by molar-refractivity contribution is -0.141. The zero-order chi connectivity index (χ0) is 15.1. The molecule has 0 aliphatic carbocycles. The van der Waals surface area contributed by atoms with Gasteiger partial charge in [0, 0.05) is 18.8 Å². The van der Waals surface area contributed by atoms with E-state index in [1.165, 1.54) is 0 Å². The molecule has 1 atom stereocenters. The number of carbonyl (C=O) groups excluding carboxylic acids is 1. The summed E-state index contributed by atoms with van der Waals surface area (Å²) in [5.74, 6) is -1.40. The minimum atomic E-state index is -1.06. The SMILES string of the molecule is Cc1ccc(NC(=O)C[C@@H](NCCN)C(=O)O)cc1C. The first-order valence-electron chi connectivity index (χ1n) is 6.47. The summed E-state index contributed by atoms with van der Waals surface area (Å²) in [6.07, 6.45) is -0.137. The number of nitrogens with one attached hydrogen (secondary N) is 2. The van der Waals surface area contributed by atoms with E-state index in [2.05, 4.69) is 10.6 Å². The van der Waals surface area contributed by atoms with Gasteiger partial charge in [-0.25, -0.2) is 0 Å². The molecule has 20 heavy (non-hydrogen) atoms. The third kappa shape index (κ3) is 4.99. The second kappa shape index (κ2) is 7.62. The van der Waals surface area contributed by atoms with E-state index in [0.717, 1.165) is 11.1 Å². The molecule has 110 valence electrons. The van der Waals surface area contributed by atoms with Crippen molar-refractivity contribution in [2.45, 2.75) is 26.3 Å². The number of benzene rings is 1. The van der Waals surface area contributed by atoms with Crippen LogP contribution in [0, 0.1) is 13.8 Å². The lowest BCUT2D eigenvalue weighted by Gasteiger charge is -2.14. The number of carboxylic acid groups (broad SMARTS) is 1. The Kier molecular flexibility index (Phi) is 6.14. The molecular weight excluding hydrogens is 258 g/mol. The summed E-state index contributed by atoms with van der Waals surface area (Å²) in [5, 5.41) is 14.4. The zero-order valence-electron chi connectivity index (χ0n) is 11.8. The molecule has 1 amide bonds. The van der Waals surface area contributed by atoms with Crippen molar-refractivity contribution in [1.29, 1.82) is 0 Å². The Balaban J connectivity index is 2.60. The topological polar surface area (TPSA) is 104 Å². The van der Waals surface area contributed by atoms with Crippen LogP contribution in [0.4, 0.5) is 5.69 Å². The fourth-order valence-corrected chi connectivity index (χ4v) is 1.72. The van der Waals surface area contributed by atoms with Crippen molar-refractivity contribution < 1.29 is 14.7 Å². The Labute approximate surface area is 118 Å². The molecule has 6 nitrogen and oxygen atoms in total. The van der Waals surface area contributed by atoms with Crippen molar-refractivity contribution in [2.75, 3.05) is 18.4 Å². The van der Waals surface area contributed by atoms with Crippen molar-refractivity contribution in [3.8, 4) is 0 Å². The van der Waals surface area contributed by atoms with Gasteiger partial charge in [0.15, 0.2) is 0 Å². The monoisotopic (exact) mass is 279 g/mol. The van der Waals surface area contributed by atoms with E-state index in [0.29, 0.717) is 18.8 Å². The maximum absolute atomic E-state index is 11.8. The van der Waals surface area contributed by atoms with Crippen LogP contribution in [0.25, 0.3) is 0 Å². The molecule has 0 radical (unpaired) electrons. The number of carbonyl (C=O) groups is 2. The summed E-state index contributed by atoms with van der Waals surface area (Å²) in [6, 6.07) is 4.64. The molecule has 0 bridgehead atoms. The molecule has 0 aliphatic rings. The van der Waals surface area contributed by atoms with Crippen LogP contribution in [0.2, 0.25) is 0 Å². The van der Waals surface area contributed by atoms with Gasteiger partial charge in [0.05, 0.1) is 6.42 Å². The summed E-state index contributed by atoms with van der Waals surface area (Å²) in [5.41, 5.74) is 8.18. The van der Waals surface area contributed by atoms with Crippen LogP contribution < -0.4 is 16.4 Å². The van der Waals surface area contributed by atoms with Crippen LogP contribution >= 0.6 is 0 Å². The Morgan fingerprint density at radius 3 is 2.55 bits per heavy atom. The van der Waals surface area contributed by atoms with Gasteiger partial charge in [0.25, 0.3) is 0 Å². The Bertz CT molecular complexity index is 489. The predicted octanol–water partition coefficient (Wildman–Crippen LogP) is 0.634. The summed E-state index contributed by atoms with van der Waals surface area (Å²) in [6.45, 7) is 4.61. The number of hydrogen-bond acceptors (Lipinski definition) is 4. The number of rotatable bonds is 7. The van der Waals surface area contributed by atoms with Crippen molar-refractivity contribution in [3.63, 3.8) is 0 Å². The van der Waals surface area contributed by atoms with Crippen molar-refractivity contribution in [3.05, 3.63) is 29.3 Å². The second-order valence-corrected chi connectivity index (χ2v) is 4.68. The van der Waals surface area contributed by atoms with E-state index in [4.69, 9.17) is 10.8 Å². The quantitative estimate of drug-likeness (QED) is 0.586. The van der Waals surface area contributed by atoms with Gasteiger partial charge >= 0.3 is 5.97 Å². The van der Waals surface area contributed by atoms with Gasteiger partial charge in [-0.1, -0.05) is 6.07 Å². The molecule has 0 fully saturated rings. The molecule has 0 unspecified atom stereocenters. The number of amides is 1. The molecule has 1 rings (SSSR count). The number of carboxylic acids is 1. The molecule has 0 spiro atoms. The second-order valence-electron chi connectivity index (χ2n) is 4.68. The highest BCUT2D eigenvalue weighted by Gasteiger charge is 2.20. The lowest BCUT2D eigenvalue weighted by atomic mass is 10.1. The van der Waals surface area contributed by atoms with E-state index >= 15 is 0 Å². The number of anilines is 1. The van der Waals surface area contributed by atoms with E-state index < -0.39 is 12.0 Å². The molecule has 6 heteroatoms. The molecule has 0 saturated heterocycles. The molecule has 0 heterocycles. The first-order chi connectivity index (χ1) is 9.43. The first-order valence-corrected chi connectivity index (χ1v) is 6.47. The lowest BCUT2D eigenvalue weighted by Crippen LogP contribution is -2.41. The number of aliphatic carboxylic acids is 1. The van der Waals surface area contributed by atoms with Crippen LogP contribution in [-0.4, -0.2) is 36.1 Å². The maximum Gasteiger partial charge on any atom is 0.321 e. The number of hydrogen-bond donors (Lipinski definition) is 4. The minimum absolute atomic E-state index is 0.137. The summed E-state index contributed by atoms with van der Waals surface area (Å²) < 4.78 is 0. The highest BCUT2D eigenvalue weighted by molar-refractivity contribution is 5.94. The van der Waals surface area contributed by atoms with Gasteiger partial charge in [-0.3, -0.25) is 9.59 Å². The van der Waals surface area contributed by atoms with Gasteiger partial charge < -0.3 is 21.5 Å². The first kappa shape index (κ1) is 16.1. The van der Waals surface area contributed by atoms with Crippen molar-refractivity contribution in [1.82, 2.24) is 5.32 Å². The average molecular weight is 279 g/mol. The molecule has 1 aromatic rings. The van der Waals surface area contributed by atoms with Crippen LogP contribution in [0.1, 0.15) is 17.5 Å². The van der Waals surface area contributed by atoms with Gasteiger partial charge in [-0.05, 0) is 37.1 Å². The Hall–Kier alpha value is -1.92. The average Bonchev–Trinajstić information content (AvgIpc) is 2.38. The van der Waals surface area contributed by atoms with Gasteiger partial charge in [0.2, 0.25) is 5.91 Å². The normalized spacial score (nSPS) is 11.9. The molecular formula is C14H21N3O3. The Morgan fingerprint density at radius 2 is 2.00 bits per heavy atom. The third-order valence-corrected chi connectivity index (χ3v) is 3.01. The van der Waals surface area contributed by atoms with Crippen molar-refractivity contribution in [2.24, 2.45) is 5.73 Å². The van der Waals surface area contributed by atoms with Crippen LogP contribution in [-0.2, 0) is 9.59 Å². The van der Waals surface area contributed by atoms with Crippen LogP contribution in [0.15, 0.2) is 18.2 Å². The van der Waals surface area contributed by atoms with Gasteiger partial charge in [-0.15, -0.1) is 0 Å². The highest BCUT2D eigenvalue weighted by Crippen LogP contribution is 2.14.